The van der Waals surface area contributed by atoms with Crippen LogP contribution in [0, 0.1) is 0 Å². The Kier molecular flexibility index (Phi) is 6.85. The summed E-state index contributed by atoms with van der Waals surface area (Å²) in [6.07, 6.45) is 6.60. The van der Waals surface area contributed by atoms with Gasteiger partial charge >= 0.3 is 0 Å². The zero-order valence-electron chi connectivity index (χ0n) is 20.3. The highest BCUT2D eigenvalue weighted by atomic mass is 16.3. The second kappa shape index (κ2) is 9.11. The Hall–Kier alpha value is -2.59. The van der Waals surface area contributed by atoms with Crippen LogP contribution in [0.15, 0.2) is 47.0 Å². The number of aromatic hydroxyl groups is 2. The van der Waals surface area contributed by atoms with Crippen LogP contribution in [0.4, 0.5) is 0 Å². The molecule has 1 aliphatic rings. The number of aliphatic imine (C=N–C) groups is 1. The van der Waals surface area contributed by atoms with Gasteiger partial charge in [-0.2, -0.15) is 0 Å². The zero-order chi connectivity index (χ0) is 23.7. The Morgan fingerprint density at radius 1 is 0.969 bits per heavy atom. The molecule has 0 radical (unpaired) electrons. The Labute approximate surface area is 192 Å². The van der Waals surface area contributed by atoms with Crippen molar-refractivity contribution in [1.82, 2.24) is 0 Å². The average molecular weight is 435 g/mol. The lowest BCUT2D eigenvalue weighted by Gasteiger charge is -2.30. The van der Waals surface area contributed by atoms with Gasteiger partial charge in [-0.15, -0.1) is 0 Å². The van der Waals surface area contributed by atoms with E-state index >= 15 is 0 Å². The minimum atomic E-state index is -0.181. The van der Waals surface area contributed by atoms with E-state index < -0.39 is 0 Å². The molecule has 3 rings (SSSR count). The fourth-order valence-corrected chi connectivity index (χ4v) is 4.22. The SMILES string of the molecule is CC(C)(C)c1cc(C=C2CCCC(N)C2N=Cc2ccccc2O)c(O)c(C(C)(C)C)c1. The summed E-state index contributed by atoms with van der Waals surface area (Å²) in [7, 11) is 0. The van der Waals surface area contributed by atoms with Crippen LogP contribution in [0.1, 0.15) is 83.1 Å². The number of benzene rings is 2. The summed E-state index contributed by atoms with van der Waals surface area (Å²) >= 11 is 0. The van der Waals surface area contributed by atoms with Crippen LogP contribution in [0.5, 0.6) is 11.5 Å². The van der Waals surface area contributed by atoms with Crippen molar-refractivity contribution in [2.75, 3.05) is 0 Å². The van der Waals surface area contributed by atoms with E-state index in [1.54, 1.807) is 18.3 Å². The van der Waals surface area contributed by atoms with Gasteiger partial charge in [0.2, 0.25) is 0 Å². The molecule has 4 heteroatoms. The van der Waals surface area contributed by atoms with Gasteiger partial charge in [-0.3, -0.25) is 4.99 Å². The topological polar surface area (TPSA) is 78.8 Å². The van der Waals surface area contributed by atoms with Gasteiger partial charge in [-0.25, -0.2) is 0 Å². The summed E-state index contributed by atoms with van der Waals surface area (Å²) in [4.78, 5) is 4.78. The largest absolute Gasteiger partial charge is 0.507 e. The van der Waals surface area contributed by atoms with Crippen molar-refractivity contribution in [3.8, 4) is 11.5 Å². The van der Waals surface area contributed by atoms with E-state index in [1.807, 2.05) is 12.1 Å². The molecule has 0 saturated heterocycles. The monoisotopic (exact) mass is 434 g/mol. The molecule has 4 N–H and O–H groups in total. The first-order chi connectivity index (χ1) is 14.9. The van der Waals surface area contributed by atoms with Gasteiger partial charge in [0.05, 0.1) is 6.04 Å². The zero-order valence-corrected chi connectivity index (χ0v) is 20.3. The number of phenolic OH excluding ortho intramolecular Hbond substituents is 2. The van der Waals surface area contributed by atoms with E-state index in [9.17, 15) is 10.2 Å². The van der Waals surface area contributed by atoms with Crippen LogP contribution in [-0.2, 0) is 10.8 Å². The van der Waals surface area contributed by atoms with Gasteiger partial charge in [0, 0.05) is 28.9 Å². The van der Waals surface area contributed by atoms with Crippen molar-refractivity contribution in [3.05, 3.63) is 64.2 Å². The van der Waals surface area contributed by atoms with Crippen molar-refractivity contribution >= 4 is 12.3 Å². The molecule has 0 bridgehead atoms. The highest BCUT2D eigenvalue weighted by molar-refractivity contribution is 5.83. The maximum Gasteiger partial charge on any atom is 0.126 e. The molecule has 1 fully saturated rings. The predicted molar refractivity (Wildman–Crippen MR) is 135 cm³/mol. The molecular formula is C28H38N2O2. The molecule has 2 unspecified atom stereocenters. The molecule has 0 aromatic heterocycles. The van der Waals surface area contributed by atoms with E-state index in [1.165, 1.54) is 5.56 Å². The van der Waals surface area contributed by atoms with Crippen molar-refractivity contribution in [3.63, 3.8) is 0 Å². The lowest BCUT2D eigenvalue weighted by molar-refractivity contribution is 0.442. The Morgan fingerprint density at radius 2 is 1.66 bits per heavy atom. The van der Waals surface area contributed by atoms with Crippen LogP contribution in [0.2, 0.25) is 0 Å². The quantitative estimate of drug-likeness (QED) is 0.513. The average Bonchev–Trinajstić information content (AvgIpc) is 2.68. The Bertz CT molecular complexity index is 1020. The molecular weight excluding hydrogens is 396 g/mol. The summed E-state index contributed by atoms with van der Waals surface area (Å²) in [6.45, 7) is 13.0. The van der Waals surface area contributed by atoms with Crippen molar-refractivity contribution in [2.45, 2.75) is 83.7 Å². The summed E-state index contributed by atoms with van der Waals surface area (Å²) in [5.41, 5.74) is 11.0. The molecule has 0 amide bonds. The molecule has 172 valence electrons. The standard InChI is InChI=1S/C28H38N2O2/c1-27(2,3)21-15-20(26(32)22(16-21)28(4,5)6)14-18-11-9-12-23(29)25(18)30-17-19-10-7-8-13-24(19)31/h7-8,10,13-17,23,25,31-32H,9,11-12,29H2,1-6H3. The fraction of sp³-hybridized carbons (Fsp3) is 0.464. The number of rotatable bonds is 3. The fourth-order valence-electron chi connectivity index (χ4n) is 4.22. The molecule has 2 aromatic rings. The van der Waals surface area contributed by atoms with Gasteiger partial charge in [0.1, 0.15) is 11.5 Å². The summed E-state index contributed by atoms with van der Waals surface area (Å²) < 4.78 is 0. The molecule has 0 heterocycles. The minimum absolute atomic E-state index is 0.0354. The third kappa shape index (κ3) is 5.42. The van der Waals surface area contributed by atoms with E-state index in [0.29, 0.717) is 11.3 Å². The number of para-hydroxylation sites is 1. The summed E-state index contributed by atoms with van der Waals surface area (Å²) in [6, 6.07) is 11.1. The van der Waals surface area contributed by atoms with Gasteiger partial charge < -0.3 is 15.9 Å². The van der Waals surface area contributed by atoms with E-state index in [-0.39, 0.29) is 28.7 Å². The molecule has 2 atom stereocenters. The van der Waals surface area contributed by atoms with E-state index in [4.69, 9.17) is 10.7 Å². The second-order valence-electron chi connectivity index (χ2n) is 11.0. The summed E-state index contributed by atoms with van der Waals surface area (Å²) in [5, 5.41) is 21.3. The predicted octanol–water partition coefficient (Wildman–Crippen LogP) is 6.08. The number of hydrogen-bond donors (Lipinski definition) is 3. The maximum atomic E-state index is 11.2. The third-order valence-corrected chi connectivity index (χ3v) is 6.25. The number of phenols is 2. The van der Waals surface area contributed by atoms with Crippen molar-refractivity contribution in [2.24, 2.45) is 10.7 Å². The first-order valence-corrected chi connectivity index (χ1v) is 11.5. The van der Waals surface area contributed by atoms with E-state index in [0.717, 1.165) is 36.0 Å². The number of hydrogen-bond acceptors (Lipinski definition) is 4. The van der Waals surface area contributed by atoms with Crippen LogP contribution < -0.4 is 5.73 Å². The lowest BCUT2D eigenvalue weighted by atomic mass is 9.78. The van der Waals surface area contributed by atoms with Gasteiger partial charge in [-0.05, 0) is 65.5 Å². The van der Waals surface area contributed by atoms with E-state index in [2.05, 4.69) is 59.8 Å². The Morgan fingerprint density at radius 3 is 2.28 bits per heavy atom. The van der Waals surface area contributed by atoms with Gasteiger partial charge in [-0.1, -0.05) is 59.7 Å². The first kappa shape index (κ1) is 24.1. The molecule has 1 saturated carbocycles. The highest BCUT2D eigenvalue weighted by Gasteiger charge is 2.28. The van der Waals surface area contributed by atoms with Crippen LogP contribution in [-0.4, -0.2) is 28.5 Å². The molecule has 4 nitrogen and oxygen atoms in total. The van der Waals surface area contributed by atoms with Gasteiger partial charge in [0.15, 0.2) is 0 Å². The van der Waals surface area contributed by atoms with Crippen molar-refractivity contribution in [1.29, 1.82) is 0 Å². The van der Waals surface area contributed by atoms with Crippen LogP contribution >= 0.6 is 0 Å². The van der Waals surface area contributed by atoms with Gasteiger partial charge in [0.25, 0.3) is 0 Å². The first-order valence-electron chi connectivity index (χ1n) is 11.5. The molecule has 2 aromatic carbocycles. The molecule has 1 aliphatic carbocycles. The maximum absolute atomic E-state index is 11.2. The Balaban J connectivity index is 2.08. The van der Waals surface area contributed by atoms with Crippen LogP contribution in [0.25, 0.3) is 6.08 Å². The minimum Gasteiger partial charge on any atom is -0.507 e. The summed E-state index contributed by atoms with van der Waals surface area (Å²) in [5.74, 6) is 0.539. The lowest BCUT2D eigenvalue weighted by Crippen LogP contribution is -2.38. The van der Waals surface area contributed by atoms with Crippen molar-refractivity contribution < 1.29 is 10.2 Å². The number of nitrogens with two attached hydrogens (primary N) is 1. The highest BCUT2D eigenvalue weighted by Crippen LogP contribution is 2.39. The molecule has 0 spiro atoms. The normalized spacial score (nSPS) is 21.4. The third-order valence-electron chi connectivity index (χ3n) is 6.25. The van der Waals surface area contributed by atoms with Crippen LogP contribution in [0.3, 0.4) is 0 Å². The number of nitrogens with zero attached hydrogens (tertiary/aromatic N) is 1. The second-order valence-corrected chi connectivity index (χ2v) is 11.0. The molecule has 0 aliphatic heterocycles. The smallest absolute Gasteiger partial charge is 0.126 e. The molecule has 32 heavy (non-hydrogen) atoms.